The number of carbonyl (C=O) groups excluding carboxylic acids is 1. The van der Waals surface area contributed by atoms with Crippen LogP contribution in [0.1, 0.15) is 47.9 Å². The number of benzene rings is 1. The average molecular weight is 424 g/mol. The highest BCUT2D eigenvalue weighted by Crippen LogP contribution is 2.29. The van der Waals surface area contributed by atoms with Gasteiger partial charge in [-0.15, -0.1) is 0 Å². The largest absolute Gasteiger partial charge is 0.295 e. The zero-order valence-electron chi connectivity index (χ0n) is 17.4. The van der Waals surface area contributed by atoms with Gasteiger partial charge in [0.25, 0.3) is 5.91 Å². The number of hydrazine groups is 1. The lowest BCUT2D eigenvalue weighted by Crippen LogP contribution is -2.45. The van der Waals surface area contributed by atoms with Gasteiger partial charge in [-0.25, -0.2) is 9.99 Å². The molecule has 0 spiro atoms. The minimum atomic E-state index is -0.170. The van der Waals surface area contributed by atoms with E-state index in [2.05, 4.69) is 10.4 Å². The number of hydrogen-bond donors (Lipinski definition) is 1. The van der Waals surface area contributed by atoms with Gasteiger partial charge in [0.1, 0.15) is 5.69 Å². The van der Waals surface area contributed by atoms with Crippen LogP contribution in [0, 0.1) is 6.92 Å². The molecule has 1 amide bonds. The zero-order chi connectivity index (χ0) is 21.1. The van der Waals surface area contributed by atoms with Crippen molar-refractivity contribution in [3.05, 3.63) is 64.6 Å². The molecule has 7 heteroatoms. The van der Waals surface area contributed by atoms with E-state index in [0.29, 0.717) is 23.0 Å². The number of aryl methyl sites for hydroxylation is 1. The van der Waals surface area contributed by atoms with Crippen LogP contribution in [0.5, 0.6) is 0 Å². The Hall–Kier alpha value is -2.70. The Labute approximate surface area is 181 Å². The molecule has 0 radical (unpaired) electrons. The van der Waals surface area contributed by atoms with Crippen LogP contribution in [0.15, 0.2) is 42.6 Å². The van der Waals surface area contributed by atoms with E-state index < -0.39 is 0 Å². The van der Waals surface area contributed by atoms with Crippen molar-refractivity contribution >= 4 is 17.5 Å². The molecule has 0 aliphatic carbocycles. The molecule has 1 aliphatic rings. The number of aromatic nitrogens is 3. The predicted molar refractivity (Wildman–Crippen MR) is 119 cm³/mol. The second kappa shape index (κ2) is 8.98. The summed E-state index contributed by atoms with van der Waals surface area (Å²) in [5.74, 6) is 0.493. The van der Waals surface area contributed by atoms with E-state index in [1.807, 2.05) is 59.8 Å². The second-order valence-electron chi connectivity index (χ2n) is 7.55. The third kappa shape index (κ3) is 4.11. The summed E-state index contributed by atoms with van der Waals surface area (Å²) in [6.07, 6.45) is 5.81. The van der Waals surface area contributed by atoms with Crippen LogP contribution < -0.4 is 5.43 Å². The number of imidazole rings is 1. The third-order valence-electron chi connectivity index (χ3n) is 5.44. The summed E-state index contributed by atoms with van der Waals surface area (Å²) >= 11 is 6.11. The highest BCUT2D eigenvalue weighted by Gasteiger charge is 2.26. The molecular formula is C23H26ClN5O. The predicted octanol–water partition coefficient (Wildman–Crippen LogP) is 4.59. The standard InChI is InChI=1S/C23H26ClN5O/c1-3-19-21(23(30)27-28-14-5-4-6-15-28)26-22(20-16(2)8-7-13-25-20)29(19)18-11-9-17(24)10-12-18/h7-13H,3-6,14-15H2,1-2H3,(H,27,30). The smallest absolute Gasteiger partial charge is 0.286 e. The molecule has 0 saturated carbocycles. The van der Waals surface area contributed by atoms with E-state index in [4.69, 9.17) is 16.6 Å². The monoisotopic (exact) mass is 423 g/mol. The molecular weight excluding hydrogens is 398 g/mol. The van der Waals surface area contributed by atoms with Gasteiger partial charge in [-0.1, -0.05) is 31.0 Å². The maximum absolute atomic E-state index is 13.2. The van der Waals surface area contributed by atoms with Gasteiger partial charge in [-0.2, -0.15) is 0 Å². The topological polar surface area (TPSA) is 63.1 Å². The fourth-order valence-electron chi connectivity index (χ4n) is 3.91. The van der Waals surface area contributed by atoms with Crippen molar-refractivity contribution in [1.82, 2.24) is 25.0 Å². The van der Waals surface area contributed by atoms with Crippen molar-refractivity contribution in [3.63, 3.8) is 0 Å². The lowest BCUT2D eigenvalue weighted by molar-refractivity contribution is 0.0744. The van der Waals surface area contributed by atoms with Crippen molar-refractivity contribution in [2.24, 2.45) is 0 Å². The molecule has 30 heavy (non-hydrogen) atoms. The number of hydrogen-bond acceptors (Lipinski definition) is 4. The van der Waals surface area contributed by atoms with Crippen LogP contribution in [0.25, 0.3) is 17.2 Å². The first kappa shape index (κ1) is 20.6. The second-order valence-corrected chi connectivity index (χ2v) is 7.99. The molecule has 1 aromatic carbocycles. The Kier molecular flexibility index (Phi) is 6.16. The molecule has 0 atom stereocenters. The molecule has 1 N–H and O–H groups in total. The summed E-state index contributed by atoms with van der Waals surface area (Å²) in [6.45, 7) is 5.78. The quantitative estimate of drug-likeness (QED) is 0.652. The van der Waals surface area contributed by atoms with Gasteiger partial charge in [0.05, 0.1) is 5.69 Å². The molecule has 0 unspecified atom stereocenters. The molecule has 1 fully saturated rings. The Bertz CT molecular complexity index is 1040. The molecule has 1 aliphatic heterocycles. The number of nitrogens with one attached hydrogen (secondary N) is 1. The van der Waals surface area contributed by atoms with Crippen molar-refractivity contribution < 1.29 is 4.79 Å². The Morgan fingerprint density at radius 3 is 2.53 bits per heavy atom. The fourth-order valence-corrected chi connectivity index (χ4v) is 4.04. The Morgan fingerprint density at radius 1 is 1.13 bits per heavy atom. The van der Waals surface area contributed by atoms with Crippen molar-refractivity contribution in [3.8, 4) is 17.2 Å². The normalized spacial score (nSPS) is 14.6. The number of rotatable bonds is 5. The zero-order valence-corrected chi connectivity index (χ0v) is 18.1. The molecule has 4 rings (SSSR count). The van der Waals surface area contributed by atoms with Gasteiger partial charge in [-0.05, 0) is 62.1 Å². The summed E-state index contributed by atoms with van der Waals surface area (Å²) in [5, 5.41) is 2.66. The number of carbonyl (C=O) groups is 1. The summed E-state index contributed by atoms with van der Waals surface area (Å²) in [4.78, 5) is 22.6. The van der Waals surface area contributed by atoms with Crippen LogP contribution in [0.4, 0.5) is 0 Å². The van der Waals surface area contributed by atoms with E-state index in [0.717, 1.165) is 48.6 Å². The van der Waals surface area contributed by atoms with Gasteiger partial charge in [-0.3, -0.25) is 19.8 Å². The number of piperidine rings is 1. The molecule has 2 aromatic heterocycles. The first-order chi connectivity index (χ1) is 14.6. The van der Waals surface area contributed by atoms with E-state index >= 15 is 0 Å². The van der Waals surface area contributed by atoms with Gasteiger partial charge >= 0.3 is 0 Å². The Balaban J connectivity index is 1.83. The van der Waals surface area contributed by atoms with Crippen LogP contribution in [-0.2, 0) is 6.42 Å². The van der Waals surface area contributed by atoms with Gasteiger partial charge in [0, 0.05) is 30.0 Å². The number of nitrogens with zero attached hydrogens (tertiary/aromatic N) is 4. The molecule has 156 valence electrons. The first-order valence-electron chi connectivity index (χ1n) is 10.4. The minimum absolute atomic E-state index is 0.170. The molecule has 6 nitrogen and oxygen atoms in total. The van der Waals surface area contributed by atoms with Crippen molar-refractivity contribution in [2.75, 3.05) is 13.1 Å². The summed E-state index contributed by atoms with van der Waals surface area (Å²) in [7, 11) is 0. The number of pyridine rings is 1. The summed E-state index contributed by atoms with van der Waals surface area (Å²) < 4.78 is 2.02. The lowest BCUT2D eigenvalue weighted by Gasteiger charge is -2.26. The van der Waals surface area contributed by atoms with Crippen LogP contribution in [0.3, 0.4) is 0 Å². The first-order valence-corrected chi connectivity index (χ1v) is 10.8. The number of halogens is 1. The van der Waals surface area contributed by atoms with Crippen LogP contribution in [0.2, 0.25) is 5.02 Å². The Morgan fingerprint density at radius 2 is 1.87 bits per heavy atom. The van der Waals surface area contributed by atoms with E-state index in [1.165, 1.54) is 6.42 Å². The molecule has 0 bridgehead atoms. The maximum Gasteiger partial charge on any atom is 0.286 e. The number of amides is 1. The lowest BCUT2D eigenvalue weighted by atomic mass is 10.2. The van der Waals surface area contributed by atoms with Gasteiger partial charge in [0.2, 0.25) is 0 Å². The van der Waals surface area contributed by atoms with Gasteiger partial charge in [0.15, 0.2) is 11.5 Å². The SMILES string of the molecule is CCc1c(C(=O)NN2CCCCC2)nc(-c2ncccc2C)n1-c1ccc(Cl)cc1. The van der Waals surface area contributed by atoms with Crippen molar-refractivity contribution in [1.29, 1.82) is 0 Å². The maximum atomic E-state index is 13.2. The van der Waals surface area contributed by atoms with E-state index in [1.54, 1.807) is 6.20 Å². The third-order valence-corrected chi connectivity index (χ3v) is 5.70. The highest BCUT2D eigenvalue weighted by atomic mass is 35.5. The van der Waals surface area contributed by atoms with Crippen LogP contribution in [-0.4, -0.2) is 38.5 Å². The van der Waals surface area contributed by atoms with E-state index in [9.17, 15) is 4.79 Å². The fraction of sp³-hybridized carbons (Fsp3) is 0.348. The molecule has 1 saturated heterocycles. The molecule has 3 heterocycles. The van der Waals surface area contributed by atoms with Gasteiger partial charge < -0.3 is 0 Å². The molecule has 3 aromatic rings. The van der Waals surface area contributed by atoms with Crippen LogP contribution >= 0.6 is 11.6 Å². The minimum Gasteiger partial charge on any atom is -0.295 e. The van der Waals surface area contributed by atoms with E-state index in [-0.39, 0.29) is 5.91 Å². The summed E-state index contributed by atoms with van der Waals surface area (Å²) in [5.41, 5.74) is 7.02. The summed E-state index contributed by atoms with van der Waals surface area (Å²) in [6, 6.07) is 11.5. The van der Waals surface area contributed by atoms with Crippen molar-refractivity contribution in [2.45, 2.75) is 39.5 Å². The average Bonchev–Trinajstić information content (AvgIpc) is 3.15. The highest BCUT2D eigenvalue weighted by molar-refractivity contribution is 6.30.